The Morgan fingerprint density at radius 2 is 2.03 bits per heavy atom. The van der Waals surface area contributed by atoms with E-state index in [4.69, 9.17) is 4.99 Å². The van der Waals surface area contributed by atoms with Crippen molar-refractivity contribution in [3.63, 3.8) is 0 Å². The molecule has 162 valence electrons. The van der Waals surface area contributed by atoms with Gasteiger partial charge in [0.25, 0.3) is 0 Å². The molecular weight excluding hydrogens is 372 g/mol. The van der Waals surface area contributed by atoms with Gasteiger partial charge >= 0.3 is 0 Å². The molecule has 4 rings (SSSR count). The fourth-order valence-electron chi connectivity index (χ4n) is 4.79. The number of benzene rings is 1. The average molecular weight is 409 g/mol. The topological polar surface area (TPSA) is 48.7 Å². The van der Waals surface area contributed by atoms with Crippen LogP contribution < -0.4 is 5.32 Å². The van der Waals surface area contributed by atoms with E-state index in [1.807, 2.05) is 17.9 Å². The molecule has 2 fully saturated rings. The number of nitrogens with one attached hydrogen (secondary N) is 1. The Balaban J connectivity index is 1.40. The molecule has 0 bridgehead atoms. The number of hydrogen-bond acceptors (Lipinski definition) is 3. The number of rotatable bonds is 6. The number of piperidine rings is 1. The molecule has 0 saturated carbocycles. The summed E-state index contributed by atoms with van der Waals surface area (Å²) in [4.78, 5) is 10.2. The summed E-state index contributed by atoms with van der Waals surface area (Å²) >= 11 is 0. The van der Waals surface area contributed by atoms with Crippen LogP contribution in [0.5, 0.6) is 0 Å². The summed E-state index contributed by atoms with van der Waals surface area (Å²) in [5.41, 5.74) is 2.75. The van der Waals surface area contributed by atoms with E-state index in [0.29, 0.717) is 12.0 Å². The summed E-state index contributed by atoms with van der Waals surface area (Å²) in [6, 6.07) is 11.4. The highest BCUT2D eigenvalue weighted by atomic mass is 15.3. The van der Waals surface area contributed by atoms with Crippen LogP contribution in [0.25, 0.3) is 0 Å². The largest absolute Gasteiger partial charge is 0.357 e. The highest BCUT2D eigenvalue weighted by molar-refractivity contribution is 5.80. The molecule has 2 aliphatic rings. The minimum absolute atomic E-state index is 0.532. The van der Waals surface area contributed by atoms with Gasteiger partial charge in [-0.05, 0) is 43.9 Å². The van der Waals surface area contributed by atoms with Crippen molar-refractivity contribution in [1.29, 1.82) is 0 Å². The van der Waals surface area contributed by atoms with Crippen LogP contribution in [0.2, 0.25) is 0 Å². The third-order valence-corrected chi connectivity index (χ3v) is 6.45. The first kappa shape index (κ1) is 20.9. The summed E-state index contributed by atoms with van der Waals surface area (Å²) < 4.78 is 1.90. The Morgan fingerprint density at radius 1 is 1.17 bits per heavy atom. The lowest BCUT2D eigenvalue weighted by Gasteiger charge is -2.35. The van der Waals surface area contributed by atoms with Gasteiger partial charge in [0.2, 0.25) is 0 Å². The van der Waals surface area contributed by atoms with Crippen molar-refractivity contribution < 1.29 is 0 Å². The van der Waals surface area contributed by atoms with Crippen LogP contribution in [-0.2, 0) is 13.6 Å². The van der Waals surface area contributed by atoms with E-state index in [9.17, 15) is 0 Å². The second kappa shape index (κ2) is 10.1. The van der Waals surface area contributed by atoms with Crippen molar-refractivity contribution in [3.05, 3.63) is 53.9 Å². The maximum Gasteiger partial charge on any atom is 0.193 e. The van der Waals surface area contributed by atoms with Gasteiger partial charge in [-0.3, -0.25) is 14.6 Å². The van der Waals surface area contributed by atoms with E-state index >= 15 is 0 Å². The van der Waals surface area contributed by atoms with Crippen LogP contribution in [0.4, 0.5) is 0 Å². The minimum Gasteiger partial charge on any atom is -0.357 e. The molecule has 2 unspecified atom stereocenters. The van der Waals surface area contributed by atoms with Crippen molar-refractivity contribution in [2.45, 2.75) is 51.1 Å². The molecule has 1 aromatic heterocycles. The molecule has 0 spiro atoms. The van der Waals surface area contributed by atoms with Gasteiger partial charge < -0.3 is 10.2 Å². The summed E-state index contributed by atoms with van der Waals surface area (Å²) in [5.74, 6) is 1.63. The molecule has 2 saturated heterocycles. The number of aromatic nitrogens is 2. The van der Waals surface area contributed by atoms with Crippen LogP contribution in [0.3, 0.4) is 0 Å². The first-order valence-electron chi connectivity index (χ1n) is 11.5. The lowest BCUT2D eigenvalue weighted by atomic mass is 10.0. The smallest absolute Gasteiger partial charge is 0.193 e. The van der Waals surface area contributed by atoms with Gasteiger partial charge in [-0.2, -0.15) is 5.10 Å². The molecule has 0 radical (unpaired) electrons. The van der Waals surface area contributed by atoms with E-state index in [2.05, 4.69) is 63.7 Å². The number of likely N-dealkylation sites (tertiary alicyclic amines) is 2. The Morgan fingerprint density at radius 3 is 2.80 bits per heavy atom. The van der Waals surface area contributed by atoms with Crippen LogP contribution in [0, 0.1) is 0 Å². The van der Waals surface area contributed by atoms with Gasteiger partial charge in [-0.15, -0.1) is 0 Å². The van der Waals surface area contributed by atoms with Crippen molar-refractivity contribution in [3.8, 4) is 0 Å². The van der Waals surface area contributed by atoms with Gasteiger partial charge in [0.05, 0.1) is 12.7 Å². The maximum atomic E-state index is 5.11. The Hall–Kier alpha value is -2.34. The zero-order chi connectivity index (χ0) is 20.8. The molecule has 2 aliphatic heterocycles. The summed E-state index contributed by atoms with van der Waals surface area (Å²) in [6.07, 6.45) is 9.19. The molecule has 0 aliphatic carbocycles. The van der Waals surface area contributed by atoms with Gasteiger partial charge in [-0.1, -0.05) is 36.8 Å². The Labute approximate surface area is 181 Å². The lowest BCUT2D eigenvalue weighted by Crippen LogP contribution is -2.43. The van der Waals surface area contributed by atoms with Gasteiger partial charge in [0.15, 0.2) is 5.96 Å². The van der Waals surface area contributed by atoms with E-state index < -0.39 is 0 Å². The molecule has 6 heteroatoms. The lowest BCUT2D eigenvalue weighted by molar-refractivity contribution is 0.145. The zero-order valence-electron chi connectivity index (χ0n) is 18.5. The Kier molecular flexibility index (Phi) is 7.05. The third-order valence-electron chi connectivity index (χ3n) is 6.45. The first-order valence-corrected chi connectivity index (χ1v) is 11.5. The average Bonchev–Trinajstić information content (AvgIpc) is 3.42. The highest BCUT2D eigenvalue weighted by Gasteiger charge is 2.28. The second-order valence-corrected chi connectivity index (χ2v) is 8.68. The van der Waals surface area contributed by atoms with Gasteiger partial charge in [0, 0.05) is 51.4 Å². The Bertz CT molecular complexity index is 814. The molecule has 2 aromatic rings. The fraction of sp³-hybridized carbons (Fsp3) is 0.583. The summed E-state index contributed by atoms with van der Waals surface area (Å²) in [6.45, 7) is 8.24. The number of nitrogens with zero attached hydrogens (tertiary/aromatic N) is 5. The number of aryl methyl sites for hydroxylation is 1. The van der Waals surface area contributed by atoms with E-state index in [1.54, 1.807) is 0 Å². The van der Waals surface area contributed by atoms with Crippen molar-refractivity contribution in [2.75, 3.05) is 32.7 Å². The fourth-order valence-corrected chi connectivity index (χ4v) is 4.79. The van der Waals surface area contributed by atoms with Crippen LogP contribution in [0.15, 0.2) is 47.7 Å². The highest BCUT2D eigenvalue weighted by Crippen LogP contribution is 2.27. The van der Waals surface area contributed by atoms with Gasteiger partial charge in [0.1, 0.15) is 0 Å². The van der Waals surface area contributed by atoms with Crippen LogP contribution >= 0.6 is 0 Å². The molecule has 2 atom stereocenters. The second-order valence-electron chi connectivity index (χ2n) is 8.68. The number of aliphatic imine (C=N–C) groups is 1. The minimum atomic E-state index is 0.532. The van der Waals surface area contributed by atoms with E-state index in [-0.39, 0.29) is 0 Å². The first-order chi connectivity index (χ1) is 14.7. The van der Waals surface area contributed by atoms with Crippen molar-refractivity contribution >= 4 is 5.96 Å². The summed E-state index contributed by atoms with van der Waals surface area (Å²) in [7, 11) is 1.99. The quantitative estimate of drug-likeness (QED) is 0.589. The third kappa shape index (κ3) is 5.22. The zero-order valence-corrected chi connectivity index (χ0v) is 18.5. The normalized spacial score (nSPS) is 23.1. The molecular formula is C24H36N6. The standard InChI is InChI=1S/C24H36N6/c1-3-25-24(30-14-12-21(19-30)22-15-27-28(2)18-22)26-16-23-11-7-8-13-29(23)17-20-9-5-4-6-10-20/h4-6,9-10,15,18,21,23H,3,7-8,11-14,16-17,19H2,1-2H3,(H,25,26). The summed E-state index contributed by atoms with van der Waals surface area (Å²) in [5, 5.41) is 7.90. The van der Waals surface area contributed by atoms with Gasteiger partial charge in [-0.25, -0.2) is 0 Å². The number of hydrogen-bond donors (Lipinski definition) is 1. The van der Waals surface area contributed by atoms with Crippen molar-refractivity contribution in [2.24, 2.45) is 12.0 Å². The monoisotopic (exact) mass is 408 g/mol. The SMILES string of the molecule is CCNC(=NCC1CCCCN1Cc1ccccc1)N1CCC(c2cnn(C)c2)C1. The maximum absolute atomic E-state index is 5.11. The van der Waals surface area contributed by atoms with Crippen LogP contribution in [0.1, 0.15) is 49.7 Å². The predicted octanol–water partition coefficient (Wildman–Crippen LogP) is 3.23. The van der Waals surface area contributed by atoms with Crippen LogP contribution in [-0.4, -0.2) is 64.3 Å². The molecule has 6 nitrogen and oxygen atoms in total. The predicted molar refractivity (Wildman–Crippen MR) is 123 cm³/mol. The van der Waals surface area contributed by atoms with Crippen molar-refractivity contribution in [1.82, 2.24) is 24.9 Å². The molecule has 3 heterocycles. The molecule has 1 aromatic carbocycles. The number of guanidine groups is 1. The molecule has 0 amide bonds. The molecule has 1 N–H and O–H groups in total. The molecule has 30 heavy (non-hydrogen) atoms. The van der Waals surface area contributed by atoms with E-state index in [0.717, 1.165) is 38.7 Å². The van der Waals surface area contributed by atoms with E-state index in [1.165, 1.54) is 43.4 Å².